The van der Waals surface area contributed by atoms with Crippen LogP contribution in [-0.4, -0.2) is 26.1 Å². The number of aromatic nitrogens is 4. The molecule has 132 valence electrons. The number of carbonyl (C=O) groups excluding carboxylic acids is 1. The van der Waals surface area contributed by atoms with E-state index in [0.717, 1.165) is 11.1 Å². The first-order valence-electron chi connectivity index (χ1n) is 8.25. The number of primary amides is 1. The molecule has 0 saturated carbocycles. The molecule has 2 aromatic carbocycles. The highest BCUT2D eigenvalue weighted by Crippen LogP contribution is 2.26. The van der Waals surface area contributed by atoms with Crippen molar-refractivity contribution in [3.8, 4) is 34.3 Å². The second-order valence-corrected chi connectivity index (χ2v) is 5.91. The van der Waals surface area contributed by atoms with Gasteiger partial charge in [0.15, 0.2) is 0 Å². The highest BCUT2D eigenvalue weighted by Gasteiger charge is 2.16. The third-order valence-corrected chi connectivity index (χ3v) is 4.05. The van der Waals surface area contributed by atoms with E-state index < -0.39 is 5.91 Å². The highest BCUT2D eigenvalue weighted by atomic mass is 16.4. The molecule has 2 heterocycles. The quantitative estimate of drug-likeness (QED) is 0.600. The molecule has 0 aliphatic rings. The van der Waals surface area contributed by atoms with Gasteiger partial charge in [-0.1, -0.05) is 30.3 Å². The molecule has 2 aromatic heterocycles. The fourth-order valence-electron chi connectivity index (χ4n) is 2.64. The van der Waals surface area contributed by atoms with Gasteiger partial charge in [0.2, 0.25) is 11.8 Å². The lowest BCUT2D eigenvalue weighted by molar-refractivity contribution is 0.100. The summed E-state index contributed by atoms with van der Waals surface area (Å²) in [6.07, 6.45) is 1.63. The molecule has 0 unspecified atom stereocenters. The zero-order valence-electron chi connectivity index (χ0n) is 14.5. The van der Waals surface area contributed by atoms with Crippen LogP contribution in [0.3, 0.4) is 0 Å². The minimum Gasteiger partial charge on any atom is -0.415 e. The Bertz CT molecular complexity index is 1120. The van der Waals surface area contributed by atoms with E-state index in [-0.39, 0.29) is 5.89 Å². The highest BCUT2D eigenvalue weighted by molar-refractivity contribution is 5.94. The number of nitrogens with zero attached hydrogens (tertiary/aromatic N) is 4. The summed E-state index contributed by atoms with van der Waals surface area (Å²) in [4.78, 5) is 20.4. The van der Waals surface area contributed by atoms with Gasteiger partial charge in [-0.25, -0.2) is 4.98 Å². The Morgan fingerprint density at radius 2 is 1.70 bits per heavy atom. The van der Waals surface area contributed by atoms with Crippen LogP contribution in [0.4, 0.5) is 0 Å². The summed E-state index contributed by atoms with van der Waals surface area (Å²) >= 11 is 0. The average Bonchev–Trinajstić information content (AvgIpc) is 3.19. The minimum absolute atomic E-state index is 0.284. The Morgan fingerprint density at radius 3 is 2.48 bits per heavy atom. The van der Waals surface area contributed by atoms with Gasteiger partial charge < -0.3 is 10.2 Å². The second kappa shape index (κ2) is 6.80. The summed E-state index contributed by atoms with van der Waals surface area (Å²) in [5.74, 6) is 0.196. The lowest BCUT2D eigenvalue weighted by Gasteiger charge is -2.05. The normalized spacial score (nSPS) is 10.7. The van der Waals surface area contributed by atoms with E-state index in [4.69, 9.17) is 10.2 Å². The van der Waals surface area contributed by atoms with Crippen LogP contribution in [0.1, 0.15) is 16.1 Å². The molecule has 0 atom stereocenters. The molecule has 1 amide bonds. The molecule has 0 spiro atoms. The maximum atomic E-state index is 11.4. The smallest absolute Gasteiger partial charge is 0.268 e. The number of hydrogen-bond acceptors (Lipinski definition) is 6. The summed E-state index contributed by atoms with van der Waals surface area (Å²) < 4.78 is 5.79. The monoisotopic (exact) mass is 357 g/mol. The fraction of sp³-hybridized carbons (Fsp3) is 0.0500. The van der Waals surface area contributed by atoms with Crippen molar-refractivity contribution in [3.63, 3.8) is 0 Å². The average molecular weight is 357 g/mol. The van der Waals surface area contributed by atoms with Crippen molar-refractivity contribution in [2.24, 2.45) is 5.73 Å². The van der Waals surface area contributed by atoms with Crippen molar-refractivity contribution in [1.82, 2.24) is 20.2 Å². The number of benzene rings is 2. The first kappa shape index (κ1) is 16.6. The van der Waals surface area contributed by atoms with E-state index in [2.05, 4.69) is 20.2 Å². The van der Waals surface area contributed by atoms with Gasteiger partial charge in [0.25, 0.3) is 5.89 Å². The Balaban J connectivity index is 1.75. The van der Waals surface area contributed by atoms with Gasteiger partial charge in [0, 0.05) is 16.7 Å². The van der Waals surface area contributed by atoms with Crippen molar-refractivity contribution in [2.45, 2.75) is 6.92 Å². The van der Waals surface area contributed by atoms with Crippen molar-refractivity contribution in [2.75, 3.05) is 0 Å². The molecular weight excluding hydrogens is 342 g/mol. The Hall–Kier alpha value is -3.87. The summed E-state index contributed by atoms with van der Waals surface area (Å²) in [6.45, 7) is 1.82. The van der Waals surface area contributed by atoms with E-state index in [1.54, 1.807) is 24.4 Å². The summed E-state index contributed by atoms with van der Waals surface area (Å²) in [7, 11) is 0. The lowest BCUT2D eigenvalue weighted by Crippen LogP contribution is -2.10. The van der Waals surface area contributed by atoms with Gasteiger partial charge in [-0.2, -0.15) is 0 Å². The first-order valence-corrected chi connectivity index (χ1v) is 8.25. The van der Waals surface area contributed by atoms with E-state index in [1.807, 2.05) is 43.3 Å². The third kappa shape index (κ3) is 3.30. The molecule has 27 heavy (non-hydrogen) atoms. The maximum Gasteiger partial charge on any atom is 0.268 e. The van der Waals surface area contributed by atoms with Gasteiger partial charge in [-0.05, 0) is 31.2 Å². The SMILES string of the molecule is Cc1ncc(-c2cccc(C(N)=O)c2)nc1-c1nnc(-c2ccccc2)o1. The van der Waals surface area contributed by atoms with Crippen LogP contribution in [0.2, 0.25) is 0 Å². The summed E-state index contributed by atoms with van der Waals surface area (Å²) in [6, 6.07) is 16.4. The van der Waals surface area contributed by atoms with Crippen molar-refractivity contribution < 1.29 is 9.21 Å². The van der Waals surface area contributed by atoms with Gasteiger partial charge >= 0.3 is 0 Å². The number of nitrogens with two attached hydrogens (primary N) is 1. The summed E-state index contributed by atoms with van der Waals surface area (Å²) in [5, 5.41) is 8.21. The number of carbonyl (C=O) groups is 1. The largest absolute Gasteiger partial charge is 0.415 e. The minimum atomic E-state index is -0.499. The van der Waals surface area contributed by atoms with Crippen LogP contribution in [0.15, 0.2) is 65.2 Å². The lowest BCUT2D eigenvalue weighted by atomic mass is 10.1. The molecule has 0 bridgehead atoms. The molecule has 4 aromatic rings. The molecular formula is C20H15N5O2. The zero-order chi connectivity index (χ0) is 18.8. The molecule has 0 aliphatic carbocycles. The zero-order valence-corrected chi connectivity index (χ0v) is 14.5. The van der Waals surface area contributed by atoms with Gasteiger partial charge in [-0.15, -0.1) is 10.2 Å². The van der Waals surface area contributed by atoms with Crippen molar-refractivity contribution >= 4 is 5.91 Å². The molecule has 0 aliphatic heterocycles. The van der Waals surface area contributed by atoms with E-state index in [9.17, 15) is 4.79 Å². The predicted molar refractivity (Wildman–Crippen MR) is 99.5 cm³/mol. The van der Waals surface area contributed by atoms with Crippen LogP contribution in [0, 0.1) is 6.92 Å². The first-order chi connectivity index (χ1) is 13.1. The number of hydrogen-bond donors (Lipinski definition) is 1. The topological polar surface area (TPSA) is 108 Å². The van der Waals surface area contributed by atoms with Crippen LogP contribution in [0.25, 0.3) is 34.3 Å². The number of aryl methyl sites for hydroxylation is 1. The maximum absolute atomic E-state index is 11.4. The Labute approximate surface area is 154 Å². The number of rotatable bonds is 4. The van der Waals surface area contributed by atoms with Gasteiger partial charge in [0.1, 0.15) is 5.69 Å². The number of amides is 1. The molecule has 4 rings (SSSR count). The molecule has 7 nitrogen and oxygen atoms in total. The molecule has 7 heteroatoms. The molecule has 2 N–H and O–H groups in total. The Kier molecular flexibility index (Phi) is 4.18. The van der Waals surface area contributed by atoms with Gasteiger partial charge in [0.05, 0.1) is 17.6 Å². The van der Waals surface area contributed by atoms with Crippen LogP contribution >= 0.6 is 0 Å². The van der Waals surface area contributed by atoms with Crippen LogP contribution < -0.4 is 5.73 Å². The molecule has 0 fully saturated rings. The van der Waals surface area contributed by atoms with Crippen molar-refractivity contribution in [1.29, 1.82) is 0 Å². The molecule has 0 radical (unpaired) electrons. The van der Waals surface area contributed by atoms with Gasteiger partial charge in [-0.3, -0.25) is 9.78 Å². The van der Waals surface area contributed by atoms with Crippen LogP contribution in [0.5, 0.6) is 0 Å². The summed E-state index contributed by atoms with van der Waals surface area (Å²) in [5.41, 5.74) is 9.04. The van der Waals surface area contributed by atoms with E-state index in [0.29, 0.717) is 28.5 Å². The predicted octanol–water partition coefficient (Wildman–Crippen LogP) is 3.27. The standard InChI is InChI=1S/C20H15N5O2/c1-12-17(20-25-24-19(27-20)13-6-3-2-4-7-13)23-16(11-22-12)14-8-5-9-15(10-14)18(21)26/h2-11H,1H3,(H2,21,26). The Morgan fingerprint density at radius 1 is 0.963 bits per heavy atom. The van der Waals surface area contributed by atoms with Crippen LogP contribution in [-0.2, 0) is 0 Å². The second-order valence-electron chi connectivity index (χ2n) is 5.91. The molecule has 0 saturated heterocycles. The fourth-order valence-corrected chi connectivity index (χ4v) is 2.64. The van der Waals surface area contributed by atoms with E-state index in [1.165, 1.54) is 0 Å². The van der Waals surface area contributed by atoms with Crippen molar-refractivity contribution in [3.05, 3.63) is 72.1 Å². The van der Waals surface area contributed by atoms with E-state index >= 15 is 0 Å². The third-order valence-electron chi connectivity index (χ3n) is 4.05.